The number of hydrogen-bond acceptors (Lipinski definition) is 4. The van der Waals surface area contributed by atoms with Crippen LogP contribution in [0.15, 0.2) is 24.3 Å². The van der Waals surface area contributed by atoms with E-state index in [1.165, 1.54) is 4.35 Å². The molecule has 0 aliphatic rings. The Balaban J connectivity index is 0. The molecule has 0 aliphatic heterocycles. The van der Waals surface area contributed by atoms with E-state index >= 15 is 0 Å². The van der Waals surface area contributed by atoms with Crippen molar-refractivity contribution >= 4 is 91.3 Å². The monoisotopic (exact) mass is 432 g/mol. The van der Waals surface area contributed by atoms with Crippen molar-refractivity contribution < 1.29 is 9.47 Å². The summed E-state index contributed by atoms with van der Waals surface area (Å²) in [6.07, 6.45) is 0. The molecule has 0 radical (unpaired) electrons. The molecule has 8 heteroatoms. The standard InChI is InChI=1S/C6H6AsCl.2C3H6OS2/c7-5-1-3-6(8)4-2-5;2*1-2-4-3(5)6/h1-4H,7H2;2*2H2,1H3,(H,5,6). The molecule has 1 aromatic rings. The number of thiol groups is 2. The molecule has 1 rings (SSSR count). The molecule has 1 unspecified atom stereocenters. The van der Waals surface area contributed by atoms with Gasteiger partial charge in [0.25, 0.3) is 0 Å². The molecule has 0 saturated heterocycles. The molecule has 0 aliphatic carbocycles. The second-order valence-electron chi connectivity index (χ2n) is 2.95. The first-order valence-corrected chi connectivity index (χ1v) is 8.85. The molecule has 0 fully saturated rings. The van der Waals surface area contributed by atoms with Gasteiger partial charge in [0.15, 0.2) is 0 Å². The van der Waals surface area contributed by atoms with E-state index in [9.17, 15) is 0 Å². The van der Waals surface area contributed by atoms with E-state index < -0.39 is 0 Å². The van der Waals surface area contributed by atoms with E-state index in [1.54, 1.807) is 16.9 Å². The third-order valence-electron chi connectivity index (χ3n) is 1.41. The van der Waals surface area contributed by atoms with Gasteiger partial charge in [0.2, 0.25) is 8.77 Å². The van der Waals surface area contributed by atoms with Gasteiger partial charge < -0.3 is 9.47 Å². The zero-order valence-electron chi connectivity index (χ0n) is 11.2. The van der Waals surface area contributed by atoms with Gasteiger partial charge >= 0.3 is 62.1 Å². The minimum atomic E-state index is 0.317. The Morgan fingerprint density at radius 2 is 1.40 bits per heavy atom. The topological polar surface area (TPSA) is 18.5 Å². The molecule has 0 saturated carbocycles. The van der Waals surface area contributed by atoms with E-state index in [0.717, 1.165) is 5.02 Å². The Morgan fingerprint density at radius 1 is 1.05 bits per heavy atom. The quantitative estimate of drug-likeness (QED) is 0.425. The van der Waals surface area contributed by atoms with Crippen molar-refractivity contribution in [3.05, 3.63) is 29.3 Å². The molecule has 1 atom stereocenters. The fourth-order valence-electron chi connectivity index (χ4n) is 0.710. The van der Waals surface area contributed by atoms with Crippen LogP contribution in [0.25, 0.3) is 0 Å². The maximum absolute atomic E-state index is 5.62. The van der Waals surface area contributed by atoms with Crippen molar-refractivity contribution in [3.63, 3.8) is 0 Å². The summed E-state index contributed by atoms with van der Waals surface area (Å²) in [5.41, 5.74) is 0. The molecule has 0 aromatic heterocycles. The van der Waals surface area contributed by atoms with Crippen LogP contribution in [-0.4, -0.2) is 38.8 Å². The van der Waals surface area contributed by atoms with Crippen LogP contribution in [0.3, 0.4) is 0 Å². The molecule has 1 aromatic carbocycles. The predicted molar refractivity (Wildman–Crippen MR) is 106 cm³/mol. The third kappa shape index (κ3) is 20.9. The summed E-state index contributed by atoms with van der Waals surface area (Å²) in [6, 6.07) is 7.84. The van der Waals surface area contributed by atoms with Crippen LogP contribution >= 0.6 is 61.3 Å². The second kappa shape index (κ2) is 15.9. The molecule has 0 N–H and O–H groups in total. The average Bonchev–Trinajstić information content (AvgIpc) is 2.34. The van der Waals surface area contributed by atoms with Crippen molar-refractivity contribution in [3.8, 4) is 0 Å². The minimum absolute atomic E-state index is 0.317. The van der Waals surface area contributed by atoms with Gasteiger partial charge in [-0.3, -0.25) is 0 Å². The summed E-state index contributed by atoms with van der Waals surface area (Å²) < 4.78 is 11.2. The Labute approximate surface area is 156 Å². The molecular formula is C12H18AsClO2S4. The van der Waals surface area contributed by atoms with Crippen LogP contribution in [0, 0.1) is 0 Å². The van der Waals surface area contributed by atoms with Gasteiger partial charge in [-0.15, -0.1) is 0 Å². The summed E-state index contributed by atoms with van der Waals surface area (Å²) in [7, 11) is 0. The van der Waals surface area contributed by atoms with Crippen LogP contribution in [0.5, 0.6) is 0 Å². The van der Waals surface area contributed by atoms with E-state index in [1.807, 2.05) is 38.1 Å². The van der Waals surface area contributed by atoms with E-state index in [2.05, 4.69) is 59.2 Å². The number of benzene rings is 1. The number of ether oxygens (including phenoxy) is 2. The van der Waals surface area contributed by atoms with Crippen LogP contribution in [0.4, 0.5) is 0 Å². The normalized spacial score (nSPS) is 8.30. The molecule has 2 nitrogen and oxygen atoms in total. The van der Waals surface area contributed by atoms with Crippen molar-refractivity contribution in [2.45, 2.75) is 13.8 Å². The first-order valence-electron chi connectivity index (χ1n) is 5.55. The van der Waals surface area contributed by atoms with Crippen LogP contribution in [-0.2, 0) is 9.47 Å². The molecule has 0 bridgehead atoms. The molecule has 0 spiro atoms. The fraction of sp³-hybridized carbons (Fsp3) is 0.333. The molecule has 20 heavy (non-hydrogen) atoms. The van der Waals surface area contributed by atoms with Gasteiger partial charge in [-0.05, 0) is 38.3 Å². The Morgan fingerprint density at radius 3 is 1.55 bits per heavy atom. The Hall–Kier alpha value is 0.548. The summed E-state index contributed by atoms with van der Waals surface area (Å²) in [5, 5.41) is 0.811. The molecule has 0 heterocycles. The summed E-state index contributed by atoms with van der Waals surface area (Å²) in [4.78, 5) is 0. The van der Waals surface area contributed by atoms with Gasteiger partial charge in [-0.25, -0.2) is 0 Å². The van der Waals surface area contributed by atoms with Gasteiger partial charge in [0.1, 0.15) is 0 Å². The van der Waals surface area contributed by atoms with Crippen LogP contribution in [0.2, 0.25) is 5.02 Å². The Kier molecular flexibility index (Phi) is 18.2. The van der Waals surface area contributed by atoms with E-state index in [4.69, 9.17) is 11.6 Å². The maximum atomic E-state index is 5.62. The van der Waals surface area contributed by atoms with Crippen LogP contribution < -0.4 is 4.35 Å². The van der Waals surface area contributed by atoms with Crippen molar-refractivity contribution in [1.29, 1.82) is 0 Å². The number of hydrogen-bond donors (Lipinski definition) is 2. The van der Waals surface area contributed by atoms with Gasteiger partial charge in [-0.2, -0.15) is 0 Å². The molecular weight excluding hydrogens is 415 g/mol. The second-order valence-corrected chi connectivity index (χ2v) is 6.94. The van der Waals surface area contributed by atoms with Crippen LogP contribution in [0.1, 0.15) is 13.8 Å². The number of rotatable bonds is 2. The number of halogens is 1. The van der Waals surface area contributed by atoms with E-state index in [-0.39, 0.29) is 0 Å². The fourth-order valence-corrected chi connectivity index (χ4v) is 1.73. The zero-order valence-corrected chi connectivity index (χ0v) is 17.8. The zero-order chi connectivity index (χ0) is 16.0. The van der Waals surface area contributed by atoms with E-state index in [0.29, 0.717) is 22.0 Å². The Bertz CT molecular complexity index is 351. The third-order valence-corrected chi connectivity index (χ3v) is 2.96. The average molecular weight is 433 g/mol. The SMILES string of the molecule is CCOC(=S)S.CCOC(=S)S.Clc1ccc([AsH2])cc1. The van der Waals surface area contributed by atoms with Gasteiger partial charge in [0, 0.05) is 0 Å². The van der Waals surface area contributed by atoms with Crippen molar-refractivity contribution in [1.82, 2.24) is 0 Å². The summed E-state index contributed by atoms with van der Waals surface area (Å²) in [6.45, 7) is 4.95. The summed E-state index contributed by atoms with van der Waals surface area (Å²) >= 11 is 23.5. The number of thiocarbonyl (C=S) groups is 2. The van der Waals surface area contributed by atoms with Gasteiger partial charge in [0.05, 0.1) is 13.2 Å². The van der Waals surface area contributed by atoms with Crippen molar-refractivity contribution in [2.24, 2.45) is 0 Å². The first kappa shape index (κ1) is 22.8. The molecule has 0 amide bonds. The summed E-state index contributed by atoms with van der Waals surface area (Å²) in [5.74, 6) is 0. The first-order chi connectivity index (χ1) is 9.33. The predicted octanol–water partition coefficient (Wildman–Crippen LogP) is 3.07. The van der Waals surface area contributed by atoms with Crippen molar-refractivity contribution in [2.75, 3.05) is 13.2 Å². The molecule has 114 valence electrons. The van der Waals surface area contributed by atoms with Gasteiger partial charge in [-0.1, -0.05) is 25.3 Å².